The first-order valence-corrected chi connectivity index (χ1v) is 7.93. The first-order valence-electron chi connectivity index (χ1n) is 7.93. The summed E-state index contributed by atoms with van der Waals surface area (Å²) < 4.78 is 0. The zero-order valence-corrected chi connectivity index (χ0v) is 13.9. The quantitative estimate of drug-likeness (QED) is 0.535. The van der Waals surface area contributed by atoms with Crippen molar-refractivity contribution in [1.82, 2.24) is 4.90 Å². The Labute approximate surface area is 129 Å². The Hall–Kier alpha value is -1.41. The summed E-state index contributed by atoms with van der Waals surface area (Å²) >= 11 is 0. The van der Waals surface area contributed by atoms with Crippen molar-refractivity contribution >= 4 is 6.72 Å². The van der Waals surface area contributed by atoms with Crippen molar-refractivity contribution in [3.63, 3.8) is 0 Å². The molecule has 1 aliphatic heterocycles. The highest BCUT2D eigenvalue weighted by atomic mass is 15.1. The summed E-state index contributed by atoms with van der Waals surface area (Å²) in [5.41, 5.74) is 6.99. The van der Waals surface area contributed by atoms with Gasteiger partial charge in [-0.2, -0.15) is 0 Å². The Bertz CT molecular complexity index is 524. The number of hydrogen-bond acceptors (Lipinski definition) is 2. The molecule has 0 aromatic carbocycles. The Kier molecular flexibility index (Phi) is 5.35. The van der Waals surface area contributed by atoms with Gasteiger partial charge >= 0.3 is 0 Å². The largest absolute Gasteiger partial charge is 0.302 e. The first-order chi connectivity index (χ1) is 10.0. The van der Waals surface area contributed by atoms with Crippen molar-refractivity contribution in [1.29, 1.82) is 0 Å². The number of nitrogens with zero attached hydrogens (tertiary/aromatic N) is 2. The fourth-order valence-electron chi connectivity index (χ4n) is 2.84. The molecule has 0 spiro atoms. The van der Waals surface area contributed by atoms with Gasteiger partial charge in [-0.25, -0.2) is 0 Å². The number of hydrogen-bond donors (Lipinski definition) is 0. The Morgan fingerprint density at radius 3 is 2.52 bits per heavy atom. The molecule has 0 bridgehead atoms. The lowest BCUT2D eigenvalue weighted by Gasteiger charge is -2.23. The lowest BCUT2D eigenvalue weighted by atomic mass is 9.92. The fraction of sp³-hybridized carbons (Fsp3) is 0.526. The van der Waals surface area contributed by atoms with Gasteiger partial charge in [0.25, 0.3) is 0 Å². The molecule has 2 nitrogen and oxygen atoms in total. The standard InChI is InChI=1S/C19H28N2/c1-14(2)18(19(13-20-4)17-6-7-17)12-15(3)16-8-10-21(5)11-9-16/h8,12-13,17H,4,6-7,9-11H2,1-3,5H3/b15-12+,19-13-. The van der Waals surface area contributed by atoms with Crippen molar-refractivity contribution in [2.45, 2.75) is 40.0 Å². The van der Waals surface area contributed by atoms with Gasteiger partial charge in [-0.05, 0) is 82.0 Å². The molecule has 1 heterocycles. The van der Waals surface area contributed by atoms with E-state index in [1.807, 2.05) is 6.20 Å². The van der Waals surface area contributed by atoms with E-state index in [0.717, 1.165) is 19.5 Å². The van der Waals surface area contributed by atoms with Gasteiger partial charge in [0, 0.05) is 19.3 Å². The smallest absolute Gasteiger partial charge is 0.0301 e. The molecule has 0 N–H and O–H groups in total. The molecule has 0 saturated heterocycles. The SMILES string of the molecule is C=N/C=C(\C(/C=C(\C)C1=CCN(C)CC1)=C(C)C)C1CC1. The van der Waals surface area contributed by atoms with Crippen LogP contribution >= 0.6 is 0 Å². The van der Waals surface area contributed by atoms with Gasteiger partial charge in [0.1, 0.15) is 0 Å². The van der Waals surface area contributed by atoms with Crippen molar-refractivity contribution in [2.75, 3.05) is 20.1 Å². The Balaban J connectivity index is 2.27. The van der Waals surface area contributed by atoms with Crippen LogP contribution in [0.15, 0.2) is 51.2 Å². The molecular formula is C19H28N2. The summed E-state index contributed by atoms with van der Waals surface area (Å²) in [6, 6.07) is 0. The summed E-state index contributed by atoms with van der Waals surface area (Å²) in [7, 11) is 2.18. The van der Waals surface area contributed by atoms with Crippen LogP contribution in [-0.2, 0) is 0 Å². The second-order valence-electron chi connectivity index (χ2n) is 6.52. The maximum absolute atomic E-state index is 4.03. The molecule has 0 radical (unpaired) electrons. The third kappa shape index (κ3) is 4.28. The third-order valence-corrected chi connectivity index (χ3v) is 4.38. The molecule has 21 heavy (non-hydrogen) atoms. The Morgan fingerprint density at radius 2 is 2.05 bits per heavy atom. The normalized spacial score (nSPS) is 21.0. The predicted octanol–water partition coefficient (Wildman–Crippen LogP) is 4.53. The molecule has 2 aliphatic rings. The number of allylic oxidation sites excluding steroid dienone is 5. The van der Waals surface area contributed by atoms with Crippen LogP contribution in [-0.4, -0.2) is 31.8 Å². The number of aliphatic imine (C=N–C) groups is 1. The van der Waals surface area contributed by atoms with Crippen LogP contribution in [0.25, 0.3) is 0 Å². The molecule has 2 heteroatoms. The van der Waals surface area contributed by atoms with E-state index in [2.05, 4.69) is 56.6 Å². The van der Waals surface area contributed by atoms with Crippen LogP contribution in [0.5, 0.6) is 0 Å². The number of likely N-dealkylation sites (N-methyl/N-ethyl adjacent to an activating group) is 1. The molecule has 2 rings (SSSR count). The van der Waals surface area contributed by atoms with Crippen LogP contribution in [0.3, 0.4) is 0 Å². The van der Waals surface area contributed by atoms with Crippen molar-refractivity contribution in [3.8, 4) is 0 Å². The Morgan fingerprint density at radius 1 is 1.33 bits per heavy atom. The van der Waals surface area contributed by atoms with E-state index < -0.39 is 0 Å². The van der Waals surface area contributed by atoms with Gasteiger partial charge in [-0.15, -0.1) is 0 Å². The minimum atomic E-state index is 0.691. The molecule has 1 fully saturated rings. The van der Waals surface area contributed by atoms with Gasteiger partial charge < -0.3 is 4.90 Å². The molecule has 0 aromatic rings. The summed E-state index contributed by atoms with van der Waals surface area (Å²) in [5, 5.41) is 0. The second kappa shape index (κ2) is 7.04. The first kappa shape index (κ1) is 16.0. The molecule has 0 atom stereocenters. The predicted molar refractivity (Wildman–Crippen MR) is 92.7 cm³/mol. The van der Waals surface area contributed by atoms with Gasteiger partial charge in [0.2, 0.25) is 0 Å². The van der Waals surface area contributed by atoms with Crippen LogP contribution in [0.2, 0.25) is 0 Å². The maximum atomic E-state index is 4.03. The van der Waals surface area contributed by atoms with Crippen molar-refractivity contribution < 1.29 is 0 Å². The average molecular weight is 284 g/mol. The van der Waals surface area contributed by atoms with Gasteiger partial charge in [-0.1, -0.05) is 17.7 Å². The molecule has 0 aromatic heterocycles. The lowest BCUT2D eigenvalue weighted by molar-refractivity contribution is 0.360. The highest BCUT2D eigenvalue weighted by molar-refractivity contribution is 5.50. The summed E-state index contributed by atoms with van der Waals surface area (Å²) in [4.78, 5) is 6.39. The molecule has 0 unspecified atom stereocenters. The van der Waals surface area contributed by atoms with E-state index >= 15 is 0 Å². The highest BCUT2D eigenvalue weighted by Crippen LogP contribution is 2.41. The third-order valence-electron chi connectivity index (χ3n) is 4.38. The fourth-order valence-corrected chi connectivity index (χ4v) is 2.84. The van der Waals surface area contributed by atoms with Gasteiger partial charge in [0.05, 0.1) is 0 Å². The lowest BCUT2D eigenvalue weighted by Crippen LogP contribution is -2.24. The van der Waals surface area contributed by atoms with Crippen LogP contribution < -0.4 is 0 Å². The van der Waals surface area contributed by atoms with E-state index in [1.54, 1.807) is 0 Å². The molecule has 0 amide bonds. The maximum Gasteiger partial charge on any atom is 0.0301 e. The van der Waals surface area contributed by atoms with Gasteiger partial charge in [-0.3, -0.25) is 4.99 Å². The second-order valence-corrected chi connectivity index (χ2v) is 6.52. The summed E-state index contributed by atoms with van der Waals surface area (Å²) in [6.07, 6.45) is 10.4. The monoisotopic (exact) mass is 284 g/mol. The minimum absolute atomic E-state index is 0.691. The van der Waals surface area contributed by atoms with Crippen LogP contribution in [0, 0.1) is 5.92 Å². The van der Waals surface area contributed by atoms with E-state index in [-0.39, 0.29) is 0 Å². The zero-order valence-electron chi connectivity index (χ0n) is 13.9. The molecule has 114 valence electrons. The number of rotatable bonds is 5. The zero-order chi connectivity index (χ0) is 15.4. The van der Waals surface area contributed by atoms with E-state index in [1.165, 1.54) is 40.7 Å². The minimum Gasteiger partial charge on any atom is -0.302 e. The molecular weight excluding hydrogens is 256 g/mol. The van der Waals surface area contributed by atoms with E-state index in [0.29, 0.717) is 5.92 Å². The summed E-state index contributed by atoms with van der Waals surface area (Å²) in [5.74, 6) is 0.691. The van der Waals surface area contributed by atoms with E-state index in [4.69, 9.17) is 0 Å². The van der Waals surface area contributed by atoms with Crippen molar-refractivity contribution in [2.24, 2.45) is 10.9 Å². The summed E-state index contributed by atoms with van der Waals surface area (Å²) in [6.45, 7) is 12.5. The average Bonchev–Trinajstić information content (AvgIpc) is 3.27. The van der Waals surface area contributed by atoms with Crippen LogP contribution in [0.4, 0.5) is 0 Å². The van der Waals surface area contributed by atoms with E-state index in [9.17, 15) is 0 Å². The molecule has 1 saturated carbocycles. The highest BCUT2D eigenvalue weighted by Gasteiger charge is 2.28. The topological polar surface area (TPSA) is 15.6 Å². The molecule has 1 aliphatic carbocycles. The van der Waals surface area contributed by atoms with Gasteiger partial charge in [0.15, 0.2) is 0 Å². The van der Waals surface area contributed by atoms with Crippen LogP contribution in [0.1, 0.15) is 40.0 Å². The van der Waals surface area contributed by atoms with Crippen molar-refractivity contribution in [3.05, 3.63) is 46.2 Å².